The van der Waals surface area contributed by atoms with Crippen LogP contribution in [0.25, 0.3) is 0 Å². The van der Waals surface area contributed by atoms with E-state index in [1.807, 2.05) is 0 Å². The Morgan fingerprint density at radius 1 is 1.00 bits per heavy atom. The molecule has 0 heterocycles. The average molecular weight is 223 g/mol. The fourth-order valence-electron chi connectivity index (χ4n) is 1.07. The first-order chi connectivity index (χ1) is 5.95. The molecular weight excluding hydrogens is 202 g/mol. The van der Waals surface area contributed by atoms with Crippen LogP contribution in [0.3, 0.4) is 0 Å². The van der Waals surface area contributed by atoms with Gasteiger partial charge in [-0.25, -0.2) is 0 Å². The Labute approximate surface area is 83.1 Å². The summed E-state index contributed by atoms with van der Waals surface area (Å²) in [4.78, 5) is 0. The third-order valence-electron chi connectivity index (χ3n) is 2.13. The second kappa shape index (κ2) is 5.23. The molecule has 0 aliphatic heterocycles. The standard InChI is InChI=1S/C7H21NO3Si2/c1-7-13(10-3,11-4)8-12(5,6)9-2/h8H,7H2,1-6H3. The predicted molar refractivity (Wildman–Crippen MR) is 57.9 cm³/mol. The molecule has 0 aliphatic carbocycles. The Balaban J connectivity index is 4.41. The lowest BCUT2D eigenvalue weighted by atomic mass is 11.0. The molecule has 0 amide bonds. The lowest BCUT2D eigenvalue weighted by Gasteiger charge is -2.33. The van der Waals surface area contributed by atoms with Crippen LogP contribution in [0.1, 0.15) is 6.92 Å². The van der Waals surface area contributed by atoms with Gasteiger partial charge in [-0.2, -0.15) is 0 Å². The molecule has 0 unspecified atom stereocenters. The Bertz CT molecular complexity index is 142. The van der Waals surface area contributed by atoms with E-state index in [9.17, 15) is 0 Å². The molecule has 0 spiro atoms. The smallest absolute Gasteiger partial charge is 0.407 e. The van der Waals surface area contributed by atoms with Crippen molar-refractivity contribution in [1.29, 1.82) is 0 Å². The van der Waals surface area contributed by atoms with E-state index < -0.39 is 17.2 Å². The van der Waals surface area contributed by atoms with E-state index in [4.69, 9.17) is 13.3 Å². The van der Waals surface area contributed by atoms with Crippen LogP contribution in [0.2, 0.25) is 19.1 Å². The summed E-state index contributed by atoms with van der Waals surface area (Å²) < 4.78 is 19.7. The first-order valence-corrected chi connectivity index (χ1v) is 9.33. The fourth-order valence-corrected chi connectivity index (χ4v) is 7.42. The molecule has 0 atom stereocenters. The second-order valence-electron chi connectivity index (χ2n) is 3.35. The van der Waals surface area contributed by atoms with Gasteiger partial charge in [-0.1, -0.05) is 6.92 Å². The highest BCUT2D eigenvalue weighted by molar-refractivity contribution is 6.83. The summed E-state index contributed by atoms with van der Waals surface area (Å²) in [7, 11) is 1.09. The van der Waals surface area contributed by atoms with Crippen molar-refractivity contribution < 1.29 is 13.3 Å². The van der Waals surface area contributed by atoms with Gasteiger partial charge < -0.3 is 13.3 Å². The zero-order valence-corrected chi connectivity index (χ0v) is 11.4. The summed E-state index contributed by atoms with van der Waals surface area (Å²) in [6.07, 6.45) is 0. The van der Waals surface area contributed by atoms with Crippen molar-refractivity contribution >= 4 is 17.2 Å². The maximum absolute atomic E-state index is 5.43. The third kappa shape index (κ3) is 3.88. The molecule has 0 aromatic rings. The molecule has 0 aromatic heterocycles. The SMILES string of the molecule is CC[Si](N[Si](C)(C)OC)(OC)OC. The van der Waals surface area contributed by atoms with E-state index in [1.165, 1.54) is 0 Å². The average Bonchev–Trinajstić information content (AvgIpc) is 2.14. The molecular formula is C7H21NO3Si2. The van der Waals surface area contributed by atoms with Gasteiger partial charge in [0.15, 0.2) is 0 Å². The first-order valence-electron chi connectivity index (χ1n) is 4.40. The van der Waals surface area contributed by atoms with Crippen LogP contribution in [-0.2, 0) is 13.3 Å². The van der Waals surface area contributed by atoms with Crippen molar-refractivity contribution in [3.05, 3.63) is 0 Å². The van der Waals surface area contributed by atoms with E-state index in [-0.39, 0.29) is 0 Å². The van der Waals surface area contributed by atoms with Gasteiger partial charge in [0.25, 0.3) is 8.48 Å². The highest BCUT2D eigenvalue weighted by atomic mass is 28.4. The number of nitrogens with one attached hydrogen (secondary N) is 1. The zero-order chi connectivity index (χ0) is 10.5. The van der Waals surface area contributed by atoms with Gasteiger partial charge in [0.2, 0.25) is 0 Å². The Kier molecular flexibility index (Phi) is 5.34. The molecule has 0 saturated carbocycles. The molecule has 0 fully saturated rings. The Hall–Kier alpha value is 0.274. The van der Waals surface area contributed by atoms with Gasteiger partial charge in [0.1, 0.15) is 0 Å². The van der Waals surface area contributed by atoms with E-state index >= 15 is 0 Å². The fraction of sp³-hybridized carbons (Fsp3) is 1.00. The van der Waals surface area contributed by atoms with Crippen LogP contribution in [0.4, 0.5) is 0 Å². The molecule has 0 aromatic carbocycles. The summed E-state index contributed by atoms with van der Waals surface area (Å²) in [5, 5.41) is 0. The van der Waals surface area contributed by atoms with E-state index in [0.717, 1.165) is 6.04 Å². The first kappa shape index (κ1) is 13.3. The molecule has 0 bridgehead atoms. The van der Waals surface area contributed by atoms with Crippen molar-refractivity contribution in [2.24, 2.45) is 0 Å². The maximum atomic E-state index is 5.43. The van der Waals surface area contributed by atoms with Crippen molar-refractivity contribution in [3.63, 3.8) is 0 Å². The highest BCUT2D eigenvalue weighted by Crippen LogP contribution is 2.11. The van der Waals surface area contributed by atoms with Crippen molar-refractivity contribution in [1.82, 2.24) is 4.65 Å². The monoisotopic (exact) mass is 223 g/mol. The van der Waals surface area contributed by atoms with Gasteiger partial charge >= 0.3 is 8.72 Å². The quantitative estimate of drug-likeness (QED) is 0.686. The second-order valence-corrected chi connectivity index (χ2v) is 10.8. The van der Waals surface area contributed by atoms with E-state index in [1.54, 1.807) is 21.3 Å². The number of hydrogen-bond donors (Lipinski definition) is 1. The van der Waals surface area contributed by atoms with Crippen molar-refractivity contribution in [3.8, 4) is 0 Å². The van der Waals surface area contributed by atoms with Crippen molar-refractivity contribution in [2.75, 3.05) is 21.3 Å². The van der Waals surface area contributed by atoms with Gasteiger partial charge in [-0.05, 0) is 13.1 Å². The molecule has 0 radical (unpaired) electrons. The molecule has 1 N–H and O–H groups in total. The summed E-state index contributed by atoms with van der Waals surface area (Å²) in [5.41, 5.74) is 0. The maximum Gasteiger partial charge on any atom is 0.419 e. The van der Waals surface area contributed by atoms with E-state index in [0.29, 0.717) is 0 Å². The third-order valence-corrected chi connectivity index (χ3v) is 9.33. The summed E-state index contributed by atoms with van der Waals surface area (Å²) >= 11 is 0. The minimum absolute atomic E-state index is 0.875. The highest BCUT2D eigenvalue weighted by Gasteiger charge is 2.41. The lowest BCUT2D eigenvalue weighted by Crippen LogP contribution is -2.65. The summed E-state index contributed by atoms with van der Waals surface area (Å²) in [6, 6.07) is 0.875. The molecule has 80 valence electrons. The minimum Gasteiger partial charge on any atom is -0.407 e. The van der Waals surface area contributed by atoms with Crippen LogP contribution in [0.15, 0.2) is 0 Å². The molecule has 13 heavy (non-hydrogen) atoms. The van der Waals surface area contributed by atoms with Gasteiger partial charge in [0.05, 0.1) is 0 Å². The summed E-state index contributed by atoms with van der Waals surface area (Å²) in [5.74, 6) is 0. The van der Waals surface area contributed by atoms with Crippen LogP contribution in [0, 0.1) is 0 Å². The van der Waals surface area contributed by atoms with Crippen molar-refractivity contribution in [2.45, 2.75) is 26.1 Å². The van der Waals surface area contributed by atoms with Crippen LogP contribution in [0.5, 0.6) is 0 Å². The molecule has 0 saturated heterocycles. The molecule has 4 nitrogen and oxygen atoms in total. The van der Waals surface area contributed by atoms with Gasteiger partial charge in [0, 0.05) is 27.4 Å². The normalized spacial score (nSPS) is 13.4. The largest absolute Gasteiger partial charge is 0.419 e. The van der Waals surface area contributed by atoms with Crippen LogP contribution >= 0.6 is 0 Å². The lowest BCUT2D eigenvalue weighted by molar-refractivity contribution is 0.233. The van der Waals surface area contributed by atoms with Crippen LogP contribution < -0.4 is 4.65 Å². The molecule has 6 heteroatoms. The minimum atomic E-state index is -2.19. The zero-order valence-electron chi connectivity index (χ0n) is 9.43. The number of hydrogen-bond acceptors (Lipinski definition) is 4. The van der Waals surface area contributed by atoms with E-state index in [2.05, 4.69) is 24.7 Å². The Morgan fingerprint density at radius 3 is 1.69 bits per heavy atom. The molecule has 0 rings (SSSR count). The topological polar surface area (TPSA) is 39.7 Å². The van der Waals surface area contributed by atoms with Gasteiger partial charge in [-0.15, -0.1) is 0 Å². The Morgan fingerprint density at radius 2 is 1.46 bits per heavy atom. The predicted octanol–water partition coefficient (Wildman–Crippen LogP) is 1.18. The van der Waals surface area contributed by atoms with Crippen LogP contribution in [-0.4, -0.2) is 38.5 Å². The molecule has 0 aliphatic rings. The summed E-state index contributed by atoms with van der Waals surface area (Å²) in [6.45, 7) is 6.23. The van der Waals surface area contributed by atoms with Gasteiger partial charge in [-0.3, -0.25) is 4.65 Å². The number of rotatable bonds is 6.